The first-order valence-electron chi connectivity index (χ1n) is 10.1. The van der Waals surface area contributed by atoms with Crippen LogP contribution in [0.3, 0.4) is 0 Å². The summed E-state index contributed by atoms with van der Waals surface area (Å²) in [4.78, 5) is 40.3. The number of hydrogen-bond donors (Lipinski definition) is 1. The summed E-state index contributed by atoms with van der Waals surface area (Å²) >= 11 is 6.04. The minimum atomic E-state index is -0.320. The Morgan fingerprint density at radius 3 is 2.63 bits per heavy atom. The molecular weight excluding hydrogens is 400 g/mol. The van der Waals surface area contributed by atoms with Gasteiger partial charge in [0.1, 0.15) is 0 Å². The number of halogens is 1. The van der Waals surface area contributed by atoms with Gasteiger partial charge in [-0.15, -0.1) is 0 Å². The maximum atomic E-state index is 13.2. The molecule has 0 spiro atoms. The van der Waals surface area contributed by atoms with Crippen LogP contribution in [0.4, 0.5) is 11.4 Å². The van der Waals surface area contributed by atoms with Crippen LogP contribution in [0.25, 0.3) is 0 Å². The first kappa shape index (κ1) is 19.1. The molecule has 0 unspecified atom stereocenters. The van der Waals surface area contributed by atoms with Gasteiger partial charge < -0.3 is 5.32 Å². The van der Waals surface area contributed by atoms with Crippen molar-refractivity contribution in [1.82, 2.24) is 0 Å². The normalized spacial score (nSPS) is 26.8. The number of fused-ring (bicyclic) bond motifs is 5. The summed E-state index contributed by atoms with van der Waals surface area (Å²) in [5.74, 6) is -0.828. The highest BCUT2D eigenvalue weighted by atomic mass is 35.5. The summed E-state index contributed by atoms with van der Waals surface area (Å²) in [6.07, 6.45) is 3.05. The maximum absolute atomic E-state index is 13.2. The fourth-order valence-electron chi connectivity index (χ4n) is 5.24. The molecule has 152 valence electrons. The molecule has 30 heavy (non-hydrogen) atoms. The highest BCUT2D eigenvalue weighted by Gasteiger charge is 2.60. The molecule has 6 heteroatoms. The van der Waals surface area contributed by atoms with Crippen LogP contribution in [0.1, 0.15) is 29.3 Å². The molecule has 2 aromatic rings. The molecule has 2 fully saturated rings. The molecule has 1 saturated carbocycles. The lowest BCUT2D eigenvalue weighted by Crippen LogP contribution is -2.33. The summed E-state index contributed by atoms with van der Waals surface area (Å²) in [6, 6.07) is 12.0. The van der Waals surface area contributed by atoms with E-state index in [4.69, 9.17) is 11.6 Å². The van der Waals surface area contributed by atoms with Crippen molar-refractivity contribution in [3.63, 3.8) is 0 Å². The van der Waals surface area contributed by atoms with Gasteiger partial charge in [-0.2, -0.15) is 0 Å². The second-order valence-corrected chi connectivity index (χ2v) is 8.88. The van der Waals surface area contributed by atoms with Crippen LogP contribution >= 0.6 is 11.6 Å². The lowest BCUT2D eigenvalue weighted by atomic mass is 9.82. The summed E-state index contributed by atoms with van der Waals surface area (Å²) in [5.41, 5.74) is 3.56. The molecule has 1 saturated heterocycles. The van der Waals surface area contributed by atoms with Crippen molar-refractivity contribution in [2.45, 2.75) is 20.3 Å². The van der Waals surface area contributed by atoms with Gasteiger partial charge >= 0.3 is 0 Å². The van der Waals surface area contributed by atoms with Gasteiger partial charge in [-0.05, 0) is 68.0 Å². The van der Waals surface area contributed by atoms with Crippen LogP contribution in [0, 0.1) is 30.6 Å². The van der Waals surface area contributed by atoms with Gasteiger partial charge in [0.25, 0.3) is 5.91 Å². The number of imide groups is 1. The third kappa shape index (κ3) is 2.80. The summed E-state index contributed by atoms with van der Waals surface area (Å²) in [6.45, 7) is 3.93. The van der Waals surface area contributed by atoms with Gasteiger partial charge in [-0.1, -0.05) is 35.4 Å². The van der Waals surface area contributed by atoms with Crippen molar-refractivity contribution in [1.29, 1.82) is 0 Å². The highest BCUT2D eigenvalue weighted by molar-refractivity contribution is 6.31. The second kappa shape index (κ2) is 6.81. The van der Waals surface area contributed by atoms with E-state index in [0.29, 0.717) is 22.0 Å². The number of nitrogens with zero attached hydrogens (tertiary/aromatic N) is 1. The molecule has 2 aromatic carbocycles. The lowest BCUT2D eigenvalue weighted by molar-refractivity contribution is -0.123. The van der Waals surface area contributed by atoms with E-state index < -0.39 is 0 Å². The fraction of sp³-hybridized carbons (Fsp3) is 0.292. The van der Waals surface area contributed by atoms with Crippen molar-refractivity contribution >= 4 is 40.7 Å². The molecule has 1 aliphatic heterocycles. The molecule has 1 heterocycles. The molecule has 5 nitrogen and oxygen atoms in total. The average Bonchev–Trinajstić information content (AvgIpc) is 3.35. The van der Waals surface area contributed by atoms with E-state index in [2.05, 4.69) is 11.4 Å². The van der Waals surface area contributed by atoms with E-state index in [1.807, 2.05) is 19.9 Å². The predicted octanol–water partition coefficient (Wildman–Crippen LogP) is 4.60. The number of rotatable bonds is 3. The molecule has 3 aliphatic rings. The predicted molar refractivity (Wildman–Crippen MR) is 115 cm³/mol. The van der Waals surface area contributed by atoms with Gasteiger partial charge in [-0.3, -0.25) is 14.4 Å². The maximum Gasteiger partial charge on any atom is 0.255 e. The minimum Gasteiger partial charge on any atom is -0.322 e. The molecule has 1 N–H and O–H groups in total. The summed E-state index contributed by atoms with van der Waals surface area (Å²) < 4.78 is 0. The number of allylic oxidation sites excluding steroid dienone is 2. The van der Waals surface area contributed by atoms with Crippen LogP contribution in [0.15, 0.2) is 54.1 Å². The van der Waals surface area contributed by atoms with Crippen molar-refractivity contribution in [2.75, 3.05) is 10.2 Å². The van der Waals surface area contributed by atoms with Crippen molar-refractivity contribution in [3.05, 3.63) is 70.3 Å². The topological polar surface area (TPSA) is 66.5 Å². The van der Waals surface area contributed by atoms with Crippen LogP contribution in [0.2, 0.25) is 5.02 Å². The first-order chi connectivity index (χ1) is 14.3. The Kier molecular flexibility index (Phi) is 4.33. The van der Waals surface area contributed by atoms with E-state index in [1.54, 1.807) is 36.4 Å². The summed E-state index contributed by atoms with van der Waals surface area (Å²) in [5, 5.41) is 3.39. The van der Waals surface area contributed by atoms with E-state index in [-0.39, 0.29) is 41.4 Å². The minimum absolute atomic E-state index is 0.145. The van der Waals surface area contributed by atoms with Crippen LogP contribution in [0.5, 0.6) is 0 Å². The van der Waals surface area contributed by atoms with Gasteiger partial charge in [-0.25, -0.2) is 4.90 Å². The van der Waals surface area contributed by atoms with Crippen molar-refractivity contribution in [2.24, 2.45) is 23.7 Å². The molecule has 2 bridgehead atoms. The molecule has 2 aliphatic carbocycles. The Balaban J connectivity index is 1.42. The number of amides is 3. The van der Waals surface area contributed by atoms with Gasteiger partial charge in [0.05, 0.1) is 17.5 Å². The number of benzene rings is 2. The average molecular weight is 421 g/mol. The lowest BCUT2D eigenvalue weighted by Gasteiger charge is -2.19. The van der Waals surface area contributed by atoms with Crippen LogP contribution in [-0.4, -0.2) is 17.7 Å². The smallest absolute Gasteiger partial charge is 0.255 e. The quantitative estimate of drug-likeness (QED) is 0.582. The largest absolute Gasteiger partial charge is 0.322 e. The molecule has 0 radical (unpaired) electrons. The van der Waals surface area contributed by atoms with Gasteiger partial charge in [0.15, 0.2) is 0 Å². The van der Waals surface area contributed by atoms with Gasteiger partial charge in [0, 0.05) is 16.3 Å². The van der Waals surface area contributed by atoms with Crippen LogP contribution < -0.4 is 10.2 Å². The molecule has 4 atom stereocenters. The Morgan fingerprint density at radius 1 is 1.07 bits per heavy atom. The molecular formula is C24H21ClN2O3. The summed E-state index contributed by atoms with van der Waals surface area (Å²) in [7, 11) is 0. The number of carbonyl (C=O) groups is 3. The van der Waals surface area contributed by atoms with Crippen LogP contribution in [-0.2, 0) is 9.59 Å². The fourth-order valence-corrected chi connectivity index (χ4v) is 5.41. The number of anilines is 2. The number of aryl methyl sites for hydroxylation is 1. The van der Waals surface area contributed by atoms with E-state index >= 15 is 0 Å². The van der Waals surface area contributed by atoms with Crippen molar-refractivity contribution < 1.29 is 14.4 Å². The molecule has 5 rings (SSSR count). The zero-order valence-corrected chi connectivity index (χ0v) is 17.4. The van der Waals surface area contributed by atoms with E-state index in [0.717, 1.165) is 12.0 Å². The third-order valence-corrected chi connectivity index (χ3v) is 6.93. The Labute approximate surface area is 179 Å². The zero-order chi connectivity index (χ0) is 21.2. The Bertz CT molecular complexity index is 1140. The Morgan fingerprint density at radius 2 is 1.83 bits per heavy atom. The standard InChI is InChI=1S/C24H21ClN2O3/c1-12-6-7-16(25)11-19(12)26-22(28)14-4-3-5-17(9-14)27-23(29)20-15-8-13(2)18(10-15)21(20)24(27)30/h3-9,11,15,18,20-21H,10H2,1-2H3,(H,26,28)/t15-,18+,20+,21+/m1/s1. The molecule has 0 aromatic heterocycles. The number of carbonyl (C=O) groups excluding carboxylic acids is 3. The highest BCUT2D eigenvalue weighted by Crippen LogP contribution is 2.55. The number of hydrogen-bond acceptors (Lipinski definition) is 3. The zero-order valence-electron chi connectivity index (χ0n) is 16.7. The second-order valence-electron chi connectivity index (χ2n) is 8.44. The SMILES string of the molecule is CC1=C[C@@H]2C[C@@H]1[C@@H]1C(=O)N(c3cccc(C(=O)Nc4cc(Cl)ccc4C)c3)C(=O)[C@H]12. The van der Waals surface area contributed by atoms with Gasteiger partial charge in [0.2, 0.25) is 11.8 Å². The van der Waals surface area contributed by atoms with E-state index in [1.165, 1.54) is 10.5 Å². The first-order valence-corrected chi connectivity index (χ1v) is 10.5. The van der Waals surface area contributed by atoms with Crippen molar-refractivity contribution in [3.8, 4) is 0 Å². The number of nitrogens with one attached hydrogen (secondary N) is 1. The monoisotopic (exact) mass is 420 g/mol. The Hall–Kier alpha value is -2.92. The molecule has 3 amide bonds. The van der Waals surface area contributed by atoms with E-state index in [9.17, 15) is 14.4 Å². The third-order valence-electron chi connectivity index (χ3n) is 6.70.